The van der Waals surface area contributed by atoms with E-state index in [0.717, 1.165) is 12.3 Å². The zero-order chi connectivity index (χ0) is 14.9. The highest BCUT2D eigenvalue weighted by atomic mass is 35.5. The Hall–Kier alpha value is -2.00. The highest BCUT2D eigenvalue weighted by molar-refractivity contribution is 5.96. The minimum atomic E-state index is -1.12. The van der Waals surface area contributed by atoms with Crippen LogP contribution in [-0.2, 0) is 4.79 Å². The first-order valence-corrected chi connectivity index (χ1v) is 5.80. The number of carboxylic acid groups (broad SMARTS) is 1. The molecular formula is C11H13ClF2N4O3. The molecule has 10 heteroatoms. The molecule has 2 heterocycles. The molecule has 1 aliphatic rings. The van der Waals surface area contributed by atoms with Gasteiger partial charge in [-0.05, 0) is 18.9 Å². The molecule has 2 atom stereocenters. The lowest BCUT2D eigenvalue weighted by molar-refractivity contribution is -0.139. The van der Waals surface area contributed by atoms with Crippen molar-refractivity contribution in [3.05, 3.63) is 23.8 Å². The van der Waals surface area contributed by atoms with Gasteiger partial charge in [0, 0.05) is 6.20 Å². The molecular weight excluding hydrogens is 310 g/mol. The summed E-state index contributed by atoms with van der Waals surface area (Å²) in [4.78, 5) is 25.5. The first-order valence-electron chi connectivity index (χ1n) is 5.80. The molecule has 0 unspecified atom stereocenters. The molecule has 116 valence electrons. The molecule has 1 aromatic rings. The fourth-order valence-electron chi connectivity index (χ4n) is 2.07. The summed E-state index contributed by atoms with van der Waals surface area (Å²) in [5, 5.41) is 11.3. The molecule has 0 saturated carbocycles. The summed E-state index contributed by atoms with van der Waals surface area (Å²) in [6.45, 7) is 0. The Labute approximate surface area is 124 Å². The Morgan fingerprint density at radius 2 is 2.14 bits per heavy atom. The number of nitrogens with zero attached hydrogens (tertiary/aromatic N) is 2. The number of amides is 1. The number of aromatic nitrogens is 1. The third kappa shape index (κ3) is 3.37. The number of pyridine rings is 1. The van der Waals surface area contributed by atoms with Crippen molar-refractivity contribution in [2.45, 2.75) is 25.0 Å². The van der Waals surface area contributed by atoms with Gasteiger partial charge in [0.1, 0.15) is 17.9 Å². The lowest BCUT2D eigenvalue weighted by Gasteiger charge is -2.23. The second kappa shape index (κ2) is 6.64. The maximum Gasteiger partial charge on any atom is 0.320 e. The minimum Gasteiger partial charge on any atom is -0.480 e. The molecule has 0 aliphatic carbocycles. The predicted octanol–water partition coefficient (Wildman–Crippen LogP) is 0.595. The number of halogens is 3. The standard InChI is InChI=1S/C11H12F2N4O3.ClH/c12-5-3-4-15-8(10(14)18)9(5)17(13)7-2-1-6(16-7)11(19)20;/h3-4,6-7,16H,1-2H2,(H2,14,18)(H,19,20);1H/t6-,7+;/m0./s1. The Morgan fingerprint density at radius 3 is 2.67 bits per heavy atom. The van der Waals surface area contributed by atoms with Crippen LogP contribution < -0.4 is 16.2 Å². The molecule has 1 aliphatic heterocycles. The number of carboxylic acids is 1. The number of anilines is 1. The Bertz CT molecular complexity index is 560. The van der Waals surface area contributed by atoms with Crippen molar-refractivity contribution in [2.24, 2.45) is 5.73 Å². The van der Waals surface area contributed by atoms with E-state index >= 15 is 0 Å². The summed E-state index contributed by atoms with van der Waals surface area (Å²) in [6, 6.07) is -0.0344. The second-order valence-corrected chi connectivity index (χ2v) is 4.32. The van der Waals surface area contributed by atoms with E-state index in [4.69, 9.17) is 10.8 Å². The van der Waals surface area contributed by atoms with Crippen molar-refractivity contribution in [3.63, 3.8) is 0 Å². The average Bonchev–Trinajstić information content (AvgIpc) is 2.87. The average molecular weight is 323 g/mol. The molecule has 0 aromatic carbocycles. The number of nitrogens with two attached hydrogens (primary N) is 1. The van der Waals surface area contributed by atoms with Crippen LogP contribution in [0, 0.1) is 5.82 Å². The number of hydrogen-bond donors (Lipinski definition) is 3. The Balaban J connectivity index is 0.00000220. The minimum absolute atomic E-state index is 0. The maximum absolute atomic E-state index is 14.2. The van der Waals surface area contributed by atoms with Crippen molar-refractivity contribution in [1.82, 2.24) is 10.3 Å². The first-order chi connectivity index (χ1) is 9.41. The lowest BCUT2D eigenvalue weighted by Crippen LogP contribution is -2.43. The van der Waals surface area contributed by atoms with E-state index in [1.807, 2.05) is 0 Å². The third-order valence-corrected chi connectivity index (χ3v) is 3.02. The van der Waals surface area contributed by atoms with Gasteiger partial charge in [0.2, 0.25) is 0 Å². The van der Waals surface area contributed by atoms with E-state index in [1.165, 1.54) is 0 Å². The summed E-state index contributed by atoms with van der Waals surface area (Å²) in [6.07, 6.45) is 0.260. The number of aliphatic carboxylic acids is 1. The number of nitrogens with one attached hydrogen (secondary N) is 1. The van der Waals surface area contributed by atoms with Crippen LogP contribution in [0.5, 0.6) is 0 Å². The van der Waals surface area contributed by atoms with Crippen molar-refractivity contribution in [2.75, 3.05) is 5.12 Å². The van der Waals surface area contributed by atoms with E-state index in [1.54, 1.807) is 0 Å². The molecule has 2 rings (SSSR count). The third-order valence-electron chi connectivity index (χ3n) is 3.02. The molecule has 7 nitrogen and oxygen atoms in total. The van der Waals surface area contributed by atoms with Crippen LogP contribution in [-0.4, -0.2) is 34.2 Å². The van der Waals surface area contributed by atoms with Crippen LogP contribution in [0.15, 0.2) is 12.3 Å². The van der Waals surface area contributed by atoms with Crippen molar-refractivity contribution < 1.29 is 23.6 Å². The van der Waals surface area contributed by atoms with Crippen molar-refractivity contribution in [1.29, 1.82) is 0 Å². The lowest BCUT2D eigenvalue weighted by atomic mass is 10.2. The number of carbonyl (C=O) groups excluding carboxylic acids is 1. The highest BCUT2D eigenvalue weighted by Crippen LogP contribution is 2.28. The van der Waals surface area contributed by atoms with Gasteiger partial charge in [-0.15, -0.1) is 12.4 Å². The summed E-state index contributed by atoms with van der Waals surface area (Å²) in [5.41, 5.74) is 3.78. The van der Waals surface area contributed by atoms with E-state index in [2.05, 4.69) is 10.3 Å². The van der Waals surface area contributed by atoms with Crippen LogP contribution in [0.1, 0.15) is 23.3 Å². The topological polar surface area (TPSA) is 109 Å². The van der Waals surface area contributed by atoms with Gasteiger partial charge in [-0.25, -0.2) is 9.37 Å². The van der Waals surface area contributed by atoms with Gasteiger partial charge in [0.15, 0.2) is 11.5 Å². The summed E-state index contributed by atoms with van der Waals surface area (Å²) in [7, 11) is 0. The first kappa shape index (κ1) is 17.1. The molecule has 0 bridgehead atoms. The number of carbonyl (C=O) groups is 2. The molecule has 4 N–H and O–H groups in total. The quantitative estimate of drug-likeness (QED) is 0.700. The molecule has 21 heavy (non-hydrogen) atoms. The van der Waals surface area contributed by atoms with Crippen LogP contribution in [0.2, 0.25) is 0 Å². The van der Waals surface area contributed by atoms with Gasteiger partial charge in [-0.2, -0.15) is 5.12 Å². The summed E-state index contributed by atoms with van der Waals surface area (Å²) < 4.78 is 27.9. The van der Waals surface area contributed by atoms with E-state index < -0.39 is 41.3 Å². The normalized spacial score (nSPS) is 20.7. The number of rotatable bonds is 4. The molecule has 1 aromatic heterocycles. The zero-order valence-electron chi connectivity index (χ0n) is 10.6. The largest absolute Gasteiger partial charge is 0.480 e. The zero-order valence-corrected chi connectivity index (χ0v) is 11.4. The van der Waals surface area contributed by atoms with Crippen molar-refractivity contribution >= 4 is 30.0 Å². The van der Waals surface area contributed by atoms with Gasteiger partial charge < -0.3 is 10.8 Å². The molecule has 1 fully saturated rings. The molecule has 0 spiro atoms. The van der Waals surface area contributed by atoms with Gasteiger partial charge in [0.25, 0.3) is 5.91 Å². The van der Waals surface area contributed by atoms with Gasteiger partial charge in [-0.3, -0.25) is 14.9 Å². The number of hydrogen-bond acceptors (Lipinski definition) is 5. The fourth-order valence-corrected chi connectivity index (χ4v) is 2.07. The van der Waals surface area contributed by atoms with Gasteiger partial charge >= 0.3 is 5.97 Å². The monoisotopic (exact) mass is 322 g/mol. The molecule has 1 amide bonds. The van der Waals surface area contributed by atoms with Crippen molar-refractivity contribution in [3.8, 4) is 0 Å². The Morgan fingerprint density at radius 1 is 1.48 bits per heavy atom. The van der Waals surface area contributed by atoms with E-state index in [9.17, 15) is 18.5 Å². The summed E-state index contributed by atoms with van der Waals surface area (Å²) >= 11 is 0. The fraction of sp³-hybridized carbons (Fsp3) is 0.364. The maximum atomic E-state index is 14.2. The van der Waals surface area contributed by atoms with Crippen LogP contribution in [0.25, 0.3) is 0 Å². The van der Waals surface area contributed by atoms with Crippen LogP contribution >= 0.6 is 12.4 Å². The van der Waals surface area contributed by atoms with Gasteiger partial charge in [0.05, 0.1) is 0 Å². The smallest absolute Gasteiger partial charge is 0.320 e. The van der Waals surface area contributed by atoms with Crippen LogP contribution in [0.3, 0.4) is 0 Å². The van der Waals surface area contributed by atoms with Gasteiger partial charge in [-0.1, -0.05) is 4.48 Å². The highest BCUT2D eigenvalue weighted by Gasteiger charge is 2.35. The molecule has 1 saturated heterocycles. The van der Waals surface area contributed by atoms with E-state index in [0.29, 0.717) is 0 Å². The summed E-state index contributed by atoms with van der Waals surface area (Å²) in [5.74, 6) is -3.20. The number of primary amides is 1. The van der Waals surface area contributed by atoms with Crippen LogP contribution in [0.4, 0.5) is 14.6 Å². The SMILES string of the molecule is Cl.NC(=O)c1nccc(F)c1N(F)[C@@H]1CC[C@@H](C(=O)O)N1. The molecule has 0 radical (unpaired) electrons. The Kier molecular flexibility index (Phi) is 5.39. The van der Waals surface area contributed by atoms with E-state index in [-0.39, 0.29) is 30.4 Å². The predicted molar refractivity (Wildman–Crippen MR) is 71.1 cm³/mol. The second-order valence-electron chi connectivity index (χ2n) is 4.32.